The number of allylic oxidation sites excluding steroid dienone is 2. The molecule has 0 aromatic carbocycles. The lowest BCUT2D eigenvalue weighted by Gasteiger charge is -2.35. The van der Waals surface area contributed by atoms with Crippen molar-refractivity contribution in [3.05, 3.63) is 12.2 Å². The Hall–Kier alpha value is -1.32. The number of piperidine rings is 1. The number of carbonyl (C=O) groups excluding carboxylic acids is 1. The molecule has 2 rings (SSSR count). The van der Waals surface area contributed by atoms with E-state index in [1.165, 1.54) is 0 Å². The summed E-state index contributed by atoms with van der Waals surface area (Å²) in [5.41, 5.74) is 0. The van der Waals surface area contributed by atoms with E-state index >= 15 is 0 Å². The highest BCUT2D eigenvalue weighted by Gasteiger charge is 2.34. The topological polar surface area (TPSA) is 57.6 Å². The average molecular weight is 251 g/mol. The lowest BCUT2D eigenvalue weighted by atomic mass is 9.94. The monoisotopic (exact) mass is 251 g/mol. The summed E-state index contributed by atoms with van der Waals surface area (Å²) < 4.78 is 0. The van der Waals surface area contributed by atoms with Crippen LogP contribution in [0.2, 0.25) is 0 Å². The second-order valence-electron chi connectivity index (χ2n) is 5.20. The van der Waals surface area contributed by atoms with Crippen LogP contribution in [0.5, 0.6) is 0 Å². The Kier molecular flexibility index (Phi) is 4.39. The van der Waals surface area contributed by atoms with Gasteiger partial charge in [-0.2, -0.15) is 0 Å². The van der Waals surface area contributed by atoms with Crippen LogP contribution in [0.3, 0.4) is 0 Å². The third-order valence-corrected chi connectivity index (χ3v) is 3.95. The molecule has 100 valence electrons. The van der Waals surface area contributed by atoms with Crippen LogP contribution < -0.4 is 0 Å². The summed E-state index contributed by atoms with van der Waals surface area (Å²) in [4.78, 5) is 25.3. The van der Waals surface area contributed by atoms with Crippen molar-refractivity contribution < 1.29 is 14.7 Å². The summed E-state index contributed by atoms with van der Waals surface area (Å²) in [6.07, 6.45) is 10.3. The Labute approximate surface area is 108 Å². The summed E-state index contributed by atoms with van der Waals surface area (Å²) in [7, 11) is 0. The van der Waals surface area contributed by atoms with Gasteiger partial charge in [-0.3, -0.25) is 4.79 Å². The first-order valence-corrected chi connectivity index (χ1v) is 6.88. The first kappa shape index (κ1) is 13.1. The van der Waals surface area contributed by atoms with E-state index in [4.69, 9.17) is 0 Å². The first-order chi connectivity index (χ1) is 8.70. The molecule has 2 aliphatic rings. The van der Waals surface area contributed by atoms with E-state index in [1.54, 1.807) is 4.90 Å². The molecule has 0 unspecified atom stereocenters. The minimum Gasteiger partial charge on any atom is -0.480 e. The van der Waals surface area contributed by atoms with E-state index < -0.39 is 12.0 Å². The Morgan fingerprint density at radius 3 is 2.33 bits per heavy atom. The minimum absolute atomic E-state index is 0.0138. The Balaban J connectivity index is 2.03. The molecular weight excluding hydrogens is 230 g/mol. The third kappa shape index (κ3) is 2.92. The second kappa shape index (κ2) is 6.03. The maximum absolute atomic E-state index is 12.5. The highest BCUT2D eigenvalue weighted by Crippen LogP contribution is 2.25. The molecule has 1 aliphatic carbocycles. The molecule has 0 aromatic heterocycles. The number of hydrogen-bond acceptors (Lipinski definition) is 2. The quantitative estimate of drug-likeness (QED) is 0.765. The largest absolute Gasteiger partial charge is 0.480 e. The van der Waals surface area contributed by atoms with Crippen molar-refractivity contribution >= 4 is 11.9 Å². The van der Waals surface area contributed by atoms with Gasteiger partial charge in [0, 0.05) is 12.5 Å². The van der Waals surface area contributed by atoms with Crippen LogP contribution in [0.4, 0.5) is 0 Å². The molecule has 0 aromatic rings. The third-order valence-electron chi connectivity index (χ3n) is 3.95. The lowest BCUT2D eigenvalue weighted by Crippen LogP contribution is -2.50. The summed E-state index contributed by atoms with van der Waals surface area (Å²) in [5, 5.41) is 9.21. The summed E-state index contributed by atoms with van der Waals surface area (Å²) >= 11 is 0. The summed E-state index contributed by atoms with van der Waals surface area (Å²) in [6.45, 7) is 0.611. The van der Waals surface area contributed by atoms with Gasteiger partial charge in [-0.1, -0.05) is 12.2 Å². The van der Waals surface area contributed by atoms with Gasteiger partial charge in [0.15, 0.2) is 0 Å². The summed E-state index contributed by atoms with van der Waals surface area (Å²) in [6, 6.07) is -0.595. The number of hydrogen-bond donors (Lipinski definition) is 1. The molecule has 1 heterocycles. The van der Waals surface area contributed by atoms with Crippen molar-refractivity contribution in [3.63, 3.8) is 0 Å². The zero-order valence-corrected chi connectivity index (χ0v) is 10.7. The number of nitrogens with zero attached hydrogens (tertiary/aromatic N) is 1. The van der Waals surface area contributed by atoms with Crippen LogP contribution in [0.1, 0.15) is 44.9 Å². The van der Waals surface area contributed by atoms with Gasteiger partial charge in [-0.25, -0.2) is 4.79 Å². The van der Waals surface area contributed by atoms with Crippen LogP contribution in [0.25, 0.3) is 0 Å². The van der Waals surface area contributed by atoms with Gasteiger partial charge < -0.3 is 10.0 Å². The molecule has 1 aliphatic heterocycles. The molecule has 0 bridgehead atoms. The lowest BCUT2D eigenvalue weighted by molar-refractivity contribution is -0.154. The van der Waals surface area contributed by atoms with Gasteiger partial charge in [0.1, 0.15) is 6.04 Å². The van der Waals surface area contributed by atoms with E-state index in [0.717, 1.165) is 38.5 Å². The molecule has 4 nitrogen and oxygen atoms in total. The zero-order chi connectivity index (χ0) is 13.0. The average Bonchev–Trinajstić information content (AvgIpc) is 2.66. The molecule has 0 spiro atoms. The van der Waals surface area contributed by atoms with Crippen molar-refractivity contribution in [1.82, 2.24) is 4.90 Å². The van der Waals surface area contributed by atoms with Crippen LogP contribution in [-0.4, -0.2) is 34.5 Å². The first-order valence-electron chi connectivity index (χ1n) is 6.88. The predicted octanol–water partition coefficient (Wildman–Crippen LogP) is 2.20. The number of likely N-dealkylation sites (tertiary alicyclic amines) is 1. The molecule has 1 atom stereocenters. The SMILES string of the molecule is O=C(O)[C@@H]1CCCCN1C(=O)C1CCC=CCC1. The fourth-order valence-corrected chi connectivity index (χ4v) is 2.91. The normalized spacial score (nSPS) is 25.8. The van der Waals surface area contributed by atoms with Crippen LogP contribution in [0.15, 0.2) is 12.2 Å². The molecule has 1 fully saturated rings. The van der Waals surface area contributed by atoms with E-state index in [2.05, 4.69) is 12.2 Å². The fourth-order valence-electron chi connectivity index (χ4n) is 2.91. The van der Waals surface area contributed by atoms with Gasteiger partial charge >= 0.3 is 5.97 Å². The van der Waals surface area contributed by atoms with Gasteiger partial charge in [0.25, 0.3) is 0 Å². The number of carboxylic acid groups (broad SMARTS) is 1. The van der Waals surface area contributed by atoms with Crippen molar-refractivity contribution in [2.45, 2.75) is 51.0 Å². The maximum Gasteiger partial charge on any atom is 0.326 e. The molecule has 0 saturated carbocycles. The predicted molar refractivity (Wildman–Crippen MR) is 68.1 cm³/mol. The Morgan fingerprint density at radius 1 is 1.06 bits per heavy atom. The van der Waals surface area contributed by atoms with Gasteiger partial charge in [0.2, 0.25) is 5.91 Å². The smallest absolute Gasteiger partial charge is 0.326 e. The second-order valence-corrected chi connectivity index (χ2v) is 5.20. The molecule has 1 N–H and O–H groups in total. The highest BCUT2D eigenvalue weighted by molar-refractivity contribution is 5.85. The van der Waals surface area contributed by atoms with Crippen LogP contribution >= 0.6 is 0 Å². The Morgan fingerprint density at radius 2 is 1.72 bits per heavy atom. The van der Waals surface area contributed by atoms with Crippen molar-refractivity contribution in [3.8, 4) is 0 Å². The molecule has 18 heavy (non-hydrogen) atoms. The minimum atomic E-state index is -0.852. The number of carbonyl (C=O) groups is 2. The van der Waals surface area contributed by atoms with E-state index in [0.29, 0.717) is 13.0 Å². The van der Waals surface area contributed by atoms with Gasteiger partial charge in [-0.15, -0.1) is 0 Å². The standard InChI is InChI=1S/C14H21NO3/c16-13(11-7-3-1-2-4-8-11)15-10-6-5-9-12(15)14(17)18/h1-2,11-12H,3-10H2,(H,17,18)/t12-/m0/s1. The van der Waals surface area contributed by atoms with Crippen LogP contribution in [0, 0.1) is 5.92 Å². The number of rotatable bonds is 2. The number of amides is 1. The number of aliphatic carboxylic acids is 1. The fraction of sp³-hybridized carbons (Fsp3) is 0.714. The molecule has 1 amide bonds. The van der Waals surface area contributed by atoms with Crippen molar-refractivity contribution in [1.29, 1.82) is 0 Å². The van der Waals surface area contributed by atoms with Crippen molar-refractivity contribution in [2.75, 3.05) is 6.54 Å². The number of carboxylic acids is 1. The molecule has 1 saturated heterocycles. The maximum atomic E-state index is 12.5. The summed E-state index contributed by atoms with van der Waals surface area (Å²) in [5.74, 6) is -0.777. The van der Waals surface area contributed by atoms with Gasteiger partial charge in [-0.05, 0) is 44.9 Å². The highest BCUT2D eigenvalue weighted by atomic mass is 16.4. The molecule has 4 heteroatoms. The molecule has 0 radical (unpaired) electrons. The Bertz CT molecular complexity index is 341. The molecular formula is C14H21NO3. The van der Waals surface area contributed by atoms with Crippen LogP contribution in [-0.2, 0) is 9.59 Å². The van der Waals surface area contributed by atoms with E-state index in [9.17, 15) is 14.7 Å². The van der Waals surface area contributed by atoms with Gasteiger partial charge in [0.05, 0.1) is 0 Å². The van der Waals surface area contributed by atoms with Crippen molar-refractivity contribution in [2.24, 2.45) is 5.92 Å². The zero-order valence-electron chi connectivity index (χ0n) is 10.7. The van der Waals surface area contributed by atoms with E-state index in [-0.39, 0.29) is 11.8 Å². The van der Waals surface area contributed by atoms with E-state index in [1.807, 2.05) is 0 Å².